The molecule has 0 radical (unpaired) electrons. The van der Waals surface area contributed by atoms with Crippen LogP contribution in [0.4, 0.5) is 0 Å². The summed E-state index contributed by atoms with van der Waals surface area (Å²) in [6.45, 7) is 0.977. The van der Waals surface area contributed by atoms with Crippen molar-refractivity contribution in [3.8, 4) is 0 Å². The summed E-state index contributed by atoms with van der Waals surface area (Å²) in [5.41, 5.74) is 0.907. The van der Waals surface area contributed by atoms with Crippen LogP contribution in [-0.2, 0) is 16.0 Å². The van der Waals surface area contributed by atoms with Crippen LogP contribution < -0.4 is 0 Å². The monoisotopic (exact) mass is 293 g/mol. The second kappa shape index (κ2) is 5.24. The number of fused-ring (bicyclic) bond motifs is 1. The Balaban J connectivity index is 1.70. The summed E-state index contributed by atoms with van der Waals surface area (Å²) in [5, 5.41) is 11.0. The number of aromatic nitrogens is 2. The lowest BCUT2D eigenvalue weighted by Gasteiger charge is -2.30. The fraction of sp³-hybridized carbons (Fsp3) is 0.462. The molecule has 3 heterocycles. The van der Waals surface area contributed by atoms with Gasteiger partial charge in [0.25, 0.3) is 0 Å². The van der Waals surface area contributed by atoms with Gasteiger partial charge in [-0.2, -0.15) is 0 Å². The van der Waals surface area contributed by atoms with E-state index < -0.39 is 11.9 Å². The number of carbonyl (C=O) groups excluding carboxylic acids is 1. The lowest BCUT2D eigenvalue weighted by Crippen LogP contribution is -2.43. The molecule has 1 saturated heterocycles. The van der Waals surface area contributed by atoms with Gasteiger partial charge in [-0.3, -0.25) is 14.0 Å². The first kappa shape index (κ1) is 13.1. The molecule has 6 nitrogen and oxygen atoms in total. The molecule has 1 fully saturated rings. The minimum absolute atomic E-state index is 0.00986. The van der Waals surface area contributed by atoms with Crippen LogP contribution in [0.25, 0.3) is 4.96 Å². The molecule has 1 aliphatic heterocycles. The predicted octanol–water partition coefficient (Wildman–Crippen LogP) is 1.26. The summed E-state index contributed by atoms with van der Waals surface area (Å²) in [6.07, 6.45) is 5.25. The van der Waals surface area contributed by atoms with Crippen LogP contribution >= 0.6 is 11.3 Å². The Morgan fingerprint density at radius 3 is 3.15 bits per heavy atom. The van der Waals surface area contributed by atoms with E-state index in [0.717, 1.165) is 17.1 Å². The summed E-state index contributed by atoms with van der Waals surface area (Å²) >= 11 is 1.50. The molecule has 1 amide bonds. The molecular weight excluding hydrogens is 278 g/mol. The van der Waals surface area contributed by atoms with E-state index in [1.54, 1.807) is 11.1 Å². The van der Waals surface area contributed by atoms with Crippen molar-refractivity contribution in [1.29, 1.82) is 0 Å². The maximum atomic E-state index is 12.3. The lowest BCUT2D eigenvalue weighted by molar-refractivity contribution is -0.145. The van der Waals surface area contributed by atoms with Crippen molar-refractivity contribution in [3.63, 3.8) is 0 Å². The number of rotatable bonds is 3. The molecule has 0 aliphatic carbocycles. The third kappa shape index (κ3) is 2.40. The molecular formula is C13H15N3O3S. The van der Waals surface area contributed by atoms with Gasteiger partial charge in [0, 0.05) is 36.6 Å². The van der Waals surface area contributed by atoms with E-state index in [-0.39, 0.29) is 5.91 Å². The Morgan fingerprint density at radius 2 is 2.35 bits per heavy atom. The van der Waals surface area contributed by atoms with Crippen molar-refractivity contribution in [2.45, 2.75) is 19.3 Å². The minimum Gasteiger partial charge on any atom is -0.481 e. The van der Waals surface area contributed by atoms with Crippen molar-refractivity contribution >= 4 is 28.2 Å². The third-order valence-electron chi connectivity index (χ3n) is 3.67. The molecule has 7 heteroatoms. The Bertz CT molecular complexity index is 648. The van der Waals surface area contributed by atoms with Crippen molar-refractivity contribution < 1.29 is 14.7 Å². The van der Waals surface area contributed by atoms with E-state index in [2.05, 4.69) is 4.98 Å². The average Bonchev–Trinajstić information content (AvgIpc) is 3.04. The third-order valence-corrected chi connectivity index (χ3v) is 4.58. The normalized spacial score (nSPS) is 19.4. The smallest absolute Gasteiger partial charge is 0.308 e. The highest BCUT2D eigenvalue weighted by molar-refractivity contribution is 7.15. The molecule has 2 aromatic rings. The topological polar surface area (TPSA) is 74.9 Å². The molecule has 0 aromatic carbocycles. The number of amides is 1. The number of hydrogen-bond acceptors (Lipinski definition) is 4. The molecule has 0 spiro atoms. The quantitative estimate of drug-likeness (QED) is 0.924. The number of hydrogen-bond donors (Lipinski definition) is 1. The highest BCUT2D eigenvalue weighted by Gasteiger charge is 2.28. The maximum Gasteiger partial charge on any atom is 0.308 e. The van der Waals surface area contributed by atoms with Gasteiger partial charge in [0.2, 0.25) is 5.91 Å². The molecule has 1 aliphatic rings. The van der Waals surface area contributed by atoms with Gasteiger partial charge in [-0.15, -0.1) is 11.3 Å². The number of nitrogens with zero attached hydrogens (tertiary/aromatic N) is 3. The second-order valence-electron chi connectivity index (χ2n) is 5.00. The number of carbonyl (C=O) groups is 2. The zero-order chi connectivity index (χ0) is 14.1. The molecule has 1 N–H and O–H groups in total. The predicted molar refractivity (Wildman–Crippen MR) is 73.7 cm³/mol. The van der Waals surface area contributed by atoms with Crippen LogP contribution in [0.3, 0.4) is 0 Å². The number of likely N-dealkylation sites (tertiary alicyclic amines) is 1. The van der Waals surface area contributed by atoms with Crippen LogP contribution in [0.15, 0.2) is 17.8 Å². The summed E-state index contributed by atoms with van der Waals surface area (Å²) in [4.78, 5) is 30.0. The number of carboxylic acids is 1. The van der Waals surface area contributed by atoms with E-state index in [4.69, 9.17) is 5.11 Å². The summed E-state index contributed by atoms with van der Waals surface area (Å²) in [6, 6.07) is 0. The Labute approximate surface area is 119 Å². The van der Waals surface area contributed by atoms with Crippen LogP contribution in [0.2, 0.25) is 0 Å². The number of thiazole rings is 1. The number of carboxylic acid groups (broad SMARTS) is 1. The van der Waals surface area contributed by atoms with Crippen molar-refractivity contribution in [2.24, 2.45) is 5.92 Å². The Morgan fingerprint density at radius 1 is 1.50 bits per heavy atom. The maximum absolute atomic E-state index is 12.3. The second-order valence-corrected chi connectivity index (χ2v) is 5.84. The standard InChI is InChI=1S/C13H15N3O3S/c17-11(15-4-1-2-9(7-15)12(18)19)6-10-8-20-13-14-3-5-16(10)13/h3,5,8-9H,1-2,4,6-7H2,(H,18,19)/t9-/m0/s1. The summed E-state index contributed by atoms with van der Waals surface area (Å²) in [5.74, 6) is -1.25. The summed E-state index contributed by atoms with van der Waals surface area (Å²) < 4.78 is 1.90. The largest absolute Gasteiger partial charge is 0.481 e. The molecule has 20 heavy (non-hydrogen) atoms. The lowest BCUT2D eigenvalue weighted by atomic mass is 9.98. The highest BCUT2D eigenvalue weighted by Crippen LogP contribution is 2.19. The van der Waals surface area contributed by atoms with Gasteiger partial charge in [-0.25, -0.2) is 4.98 Å². The van der Waals surface area contributed by atoms with E-state index in [0.29, 0.717) is 25.9 Å². The van der Waals surface area contributed by atoms with Crippen LogP contribution in [-0.4, -0.2) is 44.4 Å². The average molecular weight is 293 g/mol. The van der Waals surface area contributed by atoms with Gasteiger partial charge in [0.1, 0.15) is 0 Å². The summed E-state index contributed by atoms with van der Waals surface area (Å²) in [7, 11) is 0. The number of piperidine rings is 1. The highest BCUT2D eigenvalue weighted by atomic mass is 32.1. The molecule has 3 rings (SSSR count). The molecule has 1 atom stereocenters. The first-order valence-electron chi connectivity index (χ1n) is 6.55. The zero-order valence-corrected chi connectivity index (χ0v) is 11.7. The molecule has 106 valence electrons. The van der Waals surface area contributed by atoms with Crippen LogP contribution in [0, 0.1) is 5.92 Å². The number of aliphatic carboxylic acids is 1. The van der Waals surface area contributed by atoms with Gasteiger partial charge in [-0.1, -0.05) is 0 Å². The van der Waals surface area contributed by atoms with Crippen molar-refractivity contribution in [3.05, 3.63) is 23.5 Å². The van der Waals surface area contributed by atoms with Gasteiger partial charge in [0.15, 0.2) is 4.96 Å². The minimum atomic E-state index is -0.810. The van der Waals surface area contributed by atoms with E-state index in [9.17, 15) is 9.59 Å². The van der Waals surface area contributed by atoms with Crippen molar-refractivity contribution in [1.82, 2.24) is 14.3 Å². The first-order valence-corrected chi connectivity index (χ1v) is 7.43. The van der Waals surface area contributed by atoms with E-state index in [1.807, 2.05) is 16.0 Å². The SMILES string of the molecule is O=C(O)[C@H]1CCCN(C(=O)Cc2csc3nccn23)C1. The van der Waals surface area contributed by atoms with E-state index >= 15 is 0 Å². The van der Waals surface area contributed by atoms with Gasteiger partial charge in [0.05, 0.1) is 12.3 Å². The fourth-order valence-corrected chi connectivity index (χ4v) is 3.42. The van der Waals surface area contributed by atoms with Gasteiger partial charge >= 0.3 is 5.97 Å². The van der Waals surface area contributed by atoms with Gasteiger partial charge < -0.3 is 10.0 Å². The van der Waals surface area contributed by atoms with Crippen molar-refractivity contribution in [2.75, 3.05) is 13.1 Å². The van der Waals surface area contributed by atoms with Gasteiger partial charge in [-0.05, 0) is 12.8 Å². The zero-order valence-electron chi connectivity index (χ0n) is 10.9. The van der Waals surface area contributed by atoms with Crippen LogP contribution in [0.1, 0.15) is 18.5 Å². The fourth-order valence-electron chi connectivity index (χ4n) is 2.57. The molecule has 0 saturated carbocycles. The first-order chi connectivity index (χ1) is 9.65. The molecule has 0 bridgehead atoms. The Kier molecular flexibility index (Phi) is 3.43. The van der Waals surface area contributed by atoms with E-state index in [1.165, 1.54) is 11.3 Å². The molecule has 2 aromatic heterocycles. The van der Waals surface area contributed by atoms with Crippen LogP contribution in [0.5, 0.6) is 0 Å². The molecule has 0 unspecified atom stereocenters. The number of imidazole rings is 1. The Hall–Kier alpha value is -1.89.